The second-order valence-corrected chi connectivity index (χ2v) is 6.39. The molecule has 0 aliphatic rings. The number of anilines is 1. The second kappa shape index (κ2) is 5.64. The van der Waals surface area contributed by atoms with Crippen molar-refractivity contribution < 1.29 is 13.5 Å². The van der Waals surface area contributed by atoms with E-state index in [0.717, 1.165) is 5.56 Å². The van der Waals surface area contributed by atoms with E-state index in [4.69, 9.17) is 5.11 Å². The van der Waals surface area contributed by atoms with Crippen LogP contribution in [-0.4, -0.2) is 23.7 Å². The van der Waals surface area contributed by atoms with Gasteiger partial charge in [0.2, 0.25) is 0 Å². The van der Waals surface area contributed by atoms with Gasteiger partial charge >= 0.3 is 0 Å². The van der Waals surface area contributed by atoms with Gasteiger partial charge in [-0.2, -0.15) is 13.5 Å². The molecule has 0 saturated carbocycles. The Bertz CT molecular complexity index is 692. The maximum absolute atomic E-state index is 12.2. The zero-order valence-electron chi connectivity index (χ0n) is 11.3. The molecule has 3 N–H and O–H groups in total. The van der Waals surface area contributed by atoms with Gasteiger partial charge in [0.15, 0.2) is 5.03 Å². The largest absolute Gasteiger partial charge is 0.392 e. The predicted molar refractivity (Wildman–Crippen MR) is 75.9 cm³/mol. The number of H-pyrrole nitrogens is 1. The molecule has 108 valence electrons. The number of hydrogen-bond acceptors (Lipinski definition) is 4. The van der Waals surface area contributed by atoms with Crippen LogP contribution in [0, 0.1) is 0 Å². The summed E-state index contributed by atoms with van der Waals surface area (Å²) >= 11 is 0. The number of aromatic amines is 1. The number of nitrogens with zero attached hydrogens (tertiary/aromatic N) is 1. The topological polar surface area (TPSA) is 95.1 Å². The minimum absolute atomic E-state index is 0.116. The number of aliphatic hydroxyl groups is 1. The molecule has 0 fully saturated rings. The third kappa shape index (κ3) is 3.00. The van der Waals surface area contributed by atoms with E-state index < -0.39 is 16.6 Å². The van der Waals surface area contributed by atoms with Crippen molar-refractivity contribution in [3.8, 4) is 0 Å². The van der Waals surface area contributed by atoms with E-state index in [1.165, 1.54) is 6.20 Å². The first-order valence-corrected chi connectivity index (χ1v) is 7.68. The Labute approximate surface area is 117 Å². The fourth-order valence-corrected chi connectivity index (χ4v) is 2.99. The standard InChI is InChI=1S/C13H17N3O3S/c1-9(2)10-4-3-5-12(6-10)16-20(18,19)13-11(8-17)7-14-15-13/h3-7,9,16-17H,8H2,1-2H3,(H,14,15). The first kappa shape index (κ1) is 14.5. The molecule has 1 heterocycles. The lowest BCUT2D eigenvalue weighted by Gasteiger charge is -2.10. The zero-order chi connectivity index (χ0) is 14.8. The first-order chi connectivity index (χ1) is 9.44. The maximum Gasteiger partial charge on any atom is 0.279 e. The van der Waals surface area contributed by atoms with E-state index in [1.54, 1.807) is 18.2 Å². The van der Waals surface area contributed by atoms with Gasteiger partial charge in [-0.3, -0.25) is 9.82 Å². The van der Waals surface area contributed by atoms with Crippen LogP contribution in [0.5, 0.6) is 0 Å². The second-order valence-electron chi connectivity index (χ2n) is 4.77. The molecule has 0 amide bonds. The van der Waals surface area contributed by atoms with Crippen LogP contribution in [0.1, 0.15) is 30.9 Å². The van der Waals surface area contributed by atoms with E-state index in [9.17, 15) is 8.42 Å². The summed E-state index contributed by atoms with van der Waals surface area (Å²) in [6, 6.07) is 7.21. The van der Waals surface area contributed by atoms with Crippen molar-refractivity contribution in [1.29, 1.82) is 0 Å². The van der Waals surface area contributed by atoms with Gasteiger partial charge in [0.05, 0.1) is 12.8 Å². The molecule has 0 aliphatic carbocycles. The molecular weight excluding hydrogens is 278 g/mol. The normalized spacial score (nSPS) is 11.8. The zero-order valence-corrected chi connectivity index (χ0v) is 12.1. The summed E-state index contributed by atoms with van der Waals surface area (Å²) < 4.78 is 26.9. The van der Waals surface area contributed by atoms with Crippen molar-refractivity contribution in [2.24, 2.45) is 0 Å². The number of sulfonamides is 1. The summed E-state index contributed by atoms with van der Waals surface area (Å²) in [7, 11) is -3.78. The van der Waals surface area contributed by atoms with E-state index >= 15 is 0 Å². The van der Waals surface area contributed by atoms with Gasteiger partial charge in [-0.05, 0) is 23.6 Å². The number of aromatic nitrogens is 2. The molecule has 0 saturated heterocycles. The van der Waals surface area contributed by atoms with Gasteiger partial charge in [0.25, 0.3) is 10.0 Å². The maximum atomic E-state index is 12.2. The molecule has 1 aromatic carbocycles. The lowest BCUT2D eigenvalue weighted by Crippen LogP contribution is -2.15. The molecule has 0 radical (unpaired) electrons. The average molecular weight is 295 g/mol. The van der Waals surface area contributed by atoms with Gasteiger partial charge in [0.1, 0.15) is 0 Å². The predicted octanol–water partition coefficient (Wildman–Crippen LogP) is 1.83. The minimum atomic E-state index is -3.78. The van der Waals surface area contributed by atoms with Gasteiger partial charge in [0, 0.05) is 11.3 Å². The molecule has 1 aromatic heterocycles. The Morgan fingerprint density at radius 2 is 2.15 bits per heavy atom. The molecule has 0 atom stereocenters. The van der Waals surface area contributed by atoms with Crippen molar-refractivity contribution in [3.05, 3.63) is 41.6 Å². The van der Waals surface area contributed by atoms with Gasteiger partial charge in [-0.25, -0.2) is 0 Å². The summed E-state index contributed by atoms with van der Waals surface area (Å²) in [5, 5.41) is 15.0. The van der Waals surface area contributed by atoms with Gasteiger partial charge < -0.3 is 5.11 Å². The Morgan fingerprint density at radius 1 is 1.40 bits per heavy atom. The number of rotatable bonds is 5. The molecule has 0 unspecified atom stereocenters. The van der Waals surface area contributed by atoms with Crippen molar-refractivity contribution in [2.75, 3.05) is 4.72 Å². The molecule has 0 aliphatic heterocycles. The van der Waals surface area contributed by atoms with Crippen LogP contribution in [-0.2, 0) is 16.6 Å². The molecule has 2 rings (SSSR count). The van der Waals surface area contributed by atoms with Crippen LogP contribution in [0.3, 0.4) is 0 Å². The van der Waals surface area contributed by atoms with Crippen LogP contribution < -0.4 is 4.72 Å². The number of nitrogens with one attached hydrogen (secondary N) is 2. The van der Waals surface area contributed by atoms with E-state index in [1.807, 2.05) is 19.9 Å². The van der Waals surface area contributed by atoms with Crippen molar-refractivity contribution >= 4 is 15.7 Å². The highest BCUT2D eigenvalue weighted by molar-refractivity contribution is 7.92. The quantitative estimate of drug-likeness (QED) is 0.784. The fourth-order valence-electron chi connectivity index (χ4n) is 1.81. The Balaban J connectivity index is 2.31. The summed E-state index contributed by atoms with van der Waals surface area (Å²) in [5.41, 5.74) is 1.75. The molecule has 6 nitrogen and oxygen atoms in total. The molecule has 0 bridgehead atoms. The smallest absolute Gasteiger partial charge is 0.279 e. The summed E-state index contributed by atoms with van der Waals surface area (Å²) in [5.74, 6) is 0.305. The van der Waals surface area contributed by atoms with Gasteiger partial charge in [-0.1, -0.05) is 26.0 Å². The SMILES string of the molecule is CC(C)c1cccc(NS(=O)(=O)c2[nH]ncc2CO)c1. The van der Waals surface area contributed by atoms with E-state index in [-0.39, 0.29) is 10.6 Å². The first-order valence-electron chi connectivity index (χ1n) is 6.20. The minimum Gasteiger partial charge on any atom is -0.392 e. The lowest BCUT2D eigenvalue weighted by molar-refractivity contribution is 0.278. The number of benzene rings is 1. The highest BCUT2D eigenvalue weighted by Gasteiger charge is 2.20. The van der Waals surface area contributed by atoms with Crippen molar-refractivity contribution in [1.82, 2.24) is 10.2 Å². The van der Waals surface area contributed by atoms with Gasteiger partial charge in [-0.15, -0.1) is 0 Å². The summed E-state index contributed by atoms with van der Waals surface area (Å²) in [6.45, 7) is 3.68. The summed E-state index contributed by atoms with van der Waals surface area (Å²) in [4.78, 5) is 0. The Kier molecular flexibility index (Phi) is 4.10. The third-order valence-electron chi connectivity index (χ3n) is 2.92. The van der Waals surface area contributed by atoms with Crippen LogP contribution in [0.4, 0.5) is 5.69 Å². The fraction of sp³-hybridized carbons (Fsp3) is 0.308. The van der Waals surface area contributed by atoms with Crippen molar-refractivity contribution in [2.45, 2.75) is 31.4 Å². The molecule has 2 aromatic rings. The van der Waals surface area contributed by atoms with Crippen LogP contribution in [0.25, 0.3) is 0 Å². The monoisotopic (exact) mass is 295 g/mol. The number of hydrogen-bond donors (Lipinski definition) is 3. The van der Waals surface area contributed by atoms with Crippen LogP contribution >= 0.6 is 0 Å². The highest BCUT2D eigenvalue weighted by Crippen LogP contribution is 2.21. The highest BCUT2D eigenvalue weighted by atomic mass is 32.2. The van der Waals surface area contributed by atoms with E-state index in [2.05, 4.69) is 14.9 Å². The number of aliphatic hydroxyl groups excluding tert-OH is 1. The molecular formula is C13H17N3O3S. The summed E-state index contributed by atoms with van der Waals surface area (Å²) in [6.07, 6.45) is 1.29. The molecule has 0 spiro atoms. The van der Waals surface area contributed by atoms with Crippen molar-refractivity contribution in [3.63, 3.8) is 0 Å². The molecule has 20 heavy (non-hydrogen) atoms. The molecule has 7 heteroatoms. The Hall–Kier alpha value is -1.86. The Morgan fingerprint density at radius 3 is 2.80 bits per heavy atom. The van der Waals surface area contributed by atoms with Crippen LogP contribution in [0.15, 0.2) is 35.5 Å². The average Bonchev–Trinajstić information content (AvgIpc) is 2.87. The van der Waals surface area contributed by atoms with Crippen LogP contribution in [0.2, 0.25) is 0 Å². The third-order valence-corrected chi connectivity index (χ3v) is 4.32. The lowest BCUT2D eigenvalue weighted by atomic mass is 10.0. The van der Waals surface area contributed by atoms with E-state index in [0.29, 0.717) is 11.6 Å².